The molecule has 0 saturated heterocycles. The van der Waals surface area contributed by atoms with Gasteiger partial charge in [-0.1, -0.05) is 13.8 Å². The Labute approximate surface area is 95.6 Å². The molecule has 0 spiro atoms. The summed E-state index contributed by atoms with van der Waals surface area (Å²) in [6.07, 6.45) is 0.558. The minimum atomic E-state index is -3.22. The summed E-state index contributed by atoms with van der Waals surface area (Å²) in [4.78, 5) is 10.4. The van der Waals surface area contributed by atoms with Gasteiger partial charge >= 0.3 is 0 Å². The molecule has 0 radical (unpaired) electrons. The van der Waals surface area contributed by atoms with Crippen LogP contribution < -0.4 is 0 Å². The molecule has 1 heterocycles. The molecule has 0 aliphatic rings. The Morgan fingerprint density at radius 2 is 1.94 bits per heavy atom. The summed E-state index contributed by atoms with van der Waals surface area (Å²) in [5.74, 6) is 0.378. The zero-order valence-electron chi connectivity index (χ0n) is 9.64. The van der Waals surface area contributed by atoms with Crippen LogP contribution in [-0.4, -0.2) is 20.0 Å². The number of aldehydes is 1. The molecule has 1 aromatic rings. The highest BCUT2D eigenvalue weighted by atomic mass is 32.2. The smallest absolute Gasteiger partial charge is 0.185 e. The number of rotatable bonds is 5. The van der Waals surface area contributed by atoms with Gasteiger partial charge in [-0.3, -0.25) is 4.79 Å². The van der Waals surface area contributed by atoms with E-state index in [0.29, 0.717) is 12.0 Å². The van der Waals surface area contributed by atoms with E-state index < -0.39 is 15.1 Å². The Bertz CT molecular complexity index is 456. The van der Waals surface area contributed by atoms with Gasteiger partial charge in [-0.2, -0.15) is 0 Å². The van der Waals surface area contributed by atoms with Gasteiger partial charge in [-0.15, -0.1) is 0 Å². The second-order valence-electron chi connectivity index (χ2n) is 4.18. The number of carbonyl (C=O) groups excluding carboxylic acids is 1. The van der Waals surface area contributed by atoms with Crippen LogP contribution in [0.2, 0.25) is 0 Å². The summed E-state index contributed by atoms with van der Waals surface area (Å²) in [7, 11) is -3.22. The maximum Gasteiger partial charge on any atom is 0.185 e. The zero-order valence-corrected chi connectivity index (χ0v) is 10.5. The molecule has 5 heteroatoms. The Hall–Kier alpha value is -1.10. The van der Waals surface area contributed by atoms with Gasteiger partial charge in [0.05, 0.1) is 5.25 Å². The van der Waals surface area contributed by atoms with Crippen molar-refractivity contribution in [1.82, 2.24) is 0 Å². The predicted octanol–water partition coefficient (Wildman–Crippen LogP) is 2.05. The van der Waals surface area contributed by atoms with Crippen molar-refractivity contribution in [3.05, 3.63) is 23.7 Å². The molecule has 4 nitrogen and oxygen atoms in total. The van der Waals surface area contributed by atoms with Crippen molar-refractivity contribution < 1.29 is 17.6 Å². The topological polar surface area (TPSA) is 64.3 Å². The van der Waals surface area contributed by atoms with Crippen LogP contribution in [0.25, 0.3) is 0 Å². The predicted molar refractivity (Wildman–Crippen MR) is 61.0 cm³/mol. The van der Waals surface area contributed by atoms with E-state index in [9.17, 15) is 13.2 Å². The van der Waals surface area contributed by atoms with Crippen LogP contribution in [0.1, 0.15) is 37.1 Å². The average Bonchev–Trinajstić information content (AvgIpc) is 2.63. The lowest BCUT2D eigenvalue weighted by atomic mass is 10.2. The first-order valence-electron chi connectivity index (χ1n) is 5.12. The van der Waals surface area contributed by atoms with Gasteiger partial charge in [0.15, 0.2) is 21.9 Å². The number of hydrogen-bond acceptors (Lipinski definition) is 4. The fourth-order valence-corrected chi connectivity index (χ4v) is 2.92. The fraction of sp³-hybridized carbons (Fsp3) is 0.545. The molecule has 1 rings (SSSR count). The lowest BCUT2D eigenvalue weighted by Gasteiger charge is -2.15. The summed E-state index contributed by atoms with van der Waals surface area (Å²) in [6.45, 7) is 5.41. The molecule has 0 aliphatic carbocycles. The van der Waals surface area contributed by atoms with E-state index >= 15 is 0 Å². The van der Waals surface area contributed by atoms with E-state index in [1.807, 2.05) is 13.8 Å². The highest BCUT2D eigenvalue weighted by Crippen LogP contribution is 2.18. The zero-order chi connectivity index (χ0) is 12.3. The molecule has 0 N–H and O–H groups in total. The summed E-state index contributed by atoms with van der Waals surface area (Å²) in [5.41, 5.74) is 0. The van der Waals surface area contributed by atoms with Crippen molar-refractivity contribution in [3.63, 3.8) is 0 Å². The highest BCUT2D eigenvalue weighted by Gasteiger charge is 2.25. The molecule has 1 aromatic heterocycles. The van der Waals surface area contributed by atoms with Crippen LogP contribution >= 0.6 is 0 Å². The first-order chi connectivity index (χ1) is 7.36. The van der Waals surface area contributed by atoms with Crippen molar-refractivity contribution in [2.45, 2.75) is 31.8 Å². The maximum absolute atomic E-state index is 11.9. The van der Waals surface area contributed by atoms with E-state index in [4.69, 9.17) is 4.42 Å². The van der Waals surface area contributed by atoms with Gasteiger partial charge in [-0.05, 0) is 25.0 Å². The molecular formula is C11H16O4S. The van der Waals surface area contributed by atoms with Gasteiger partial charge in [0.25, 0.3) is 0 Å². The van der Waals surface area contributed by atoms with Gasteiger partial charge in [-0.25, -0.2) is 8.42 Å². The van der Waals surface area contributed by atoms with E-state index in [1.54, 1.807) is 6.92 Å². The van der Waals surface area contributed by atoms with Crippen molar-refractivity contribution in [3.8, 4) is 0 Å². The van der Waals surface area contributed by atoms with Crippen LogP contribution in [0, 0.1) is 5.92 Å². The van der Waals surface area contributed by atoms with Crippen molar-refractivity contribution in [1.29, 1.82) is 0 Å². The van der Waals surface area contributed by atoms with E-state index in [-0.39, 0.29) is 17.4 Å². The first kappa shape index (κ1) is 13.0. The van der Waals surface area contributed by atoms with Gasteiger partial charge in [0.2, 0.25) is 0 Å². The largest absolute Gasteiger partial charge is 0.457 e. The molecule has 0 fully saturated rings. The van der Waals surface area contributed by atoms with Crippen LogP contribution in [0.5, 0.6) is 0 Å². The quantitative estimate of drug-likeness (QED) is 0.744. The highest BCUT2D eigenvalue weighted by molar-refractivity contribution is 7.91. The number of carbonyl (C=O) groups is 1. The van der Waals surface area contributed by atoms with Crippen LogP contribution in [-0.2, 0) is 15.6 Å². The van der Waals surface area contributed by atoms with Crippen molar-refractivity contribution in [2.75, 3.05) is 0 Å². The van der Waals surface area contributed by atoms with E-state index in [2.05, 4.69) is 0 Å². The van der Waals surface area contributed by atoms with Crippen molar-refractivity contribution >= 4 is 16.1 Å². The van der Waals surface area contributed by atoms with Crippen molar-refractivity contribution in [2.24, 2.45) is 5.92 Å². The monoisotopic (exact) mass is 244 g/mol. The molecule has 90 valence electrons. The molecule has 1 unspecified atom stereocenters. The molecular weight excluding hydrogens is 228 g/mol. The number of sulfone groups is 1. The summed E-state index contributed by atoms with van der Waals surface area (Å²) in [6, 6.07) is 2.99. The molecule has 0 aliphatic heterocycles. The molecule has 16 heavy (non-hydrogen) atoms. The Morgan fingerprint density at radius 1 is 1.31 bits per heavy atom. The van der Waals surface area contributed by atoms with Gasteiger partial charge in [0.1, 0.15) is 11.5 Å². The van der Waals surface area contributed by atoms with Crippen LogP contribution in [0.3, 0.4) is 0 Å². The minimum absolute atomic E-state index is 0.0607. The maximum atomic E-state index is 11.9. The Balaban J connectivity index is 2.84. The minimum Gasteiger partial charge on any atom is -0.457 e. The lowest BCUT2D eigenvalue weighted by Crippen LogP contribution is -2.24. The lowest BCUT2D eigenvalue weighted by molar-refractivity contribution is 0.109. The van der Waals surface area contributed by atoms with Crippen LogP contribution in [0.4, 0.5) is 0 Å². The molecule has 1 atom stereocenters. The van der Waals surface area contributed by atoms with Crippen LogP contribution in [0.15, 0.2) is 16.5 Å². The summed E-state index contributed by atoms with van der Waals surface area (Å²) >= 11 is 0. The molecule has 0 bridgehead atoms. The second-order valence-corrected chi connectivity index (χ2v) is 6.54. The second kappa shape index (κ2) is 4.82. The average molecular weight is 244 g/mol. The normalized spacial score (nSPS) is 14.0. The molecule has 0 aromatic carbocycles. The molecule has 0 saturated carbocycles. The summed E-state index contributed by atoms with van der Waals surface area (Å²) < 4.78 is 28.8. The molecule has 0 amide bonds. The third kappa shape index (κ3) is 2.95. The summed E-state index contributed by atoms with van der Waals surface area (Å²) in [5, 5.41) is -0.419. The van der Waals surface area contributed by atoms with E-state index in [0.717, 1.165) is 0 Å². The van der Waals surface area contributed by atoms with E-state index in [1.165, 1.54) is 12.1 Å². The number of hydrogen-bond donors (Lipinski definition) is 0. The first-order valence-corrected chi connectivity index (χ1v) is 6.84. The third-order valence-corrected chi connectivity index (χ3v) is 5.01. The third-order valence-electron chi connectivity index (χ3n) is 2.65. The SMILES string of the molecule is CC(C)C(C)S(=O)(=O)Cc1ccc(C=O)o1. The van der Waals surface area contributed by atoms with Gasteiger partial charge < -0.3 is 4.42 Å². The fourth-order valence-electron chi connectivity index (χ4n) is 1.28. The Morgan fingerprint density at radius 3 is 2.38 bits per heavy atom. The van der Waals surface area contributed by atoms with Gasteiger partial charge in [0, 0.05) is 0 Å². The standard InChI is InChI=1S/C11H16O4S/c1-8(2)9(3)16(13,14)7-11-5-4-10(6-12)15-11/h4-6,8-9H,7H2,1-3H3. The number of furan rings is 1. The Kier molecular flexibility index (Phi) is 3.91.